The van der Waals surface area contributed by atoms with Gasteiger partial charge in [-0.2, -0.15) is 0 Å². The number of hydrogen-bond acceptors (Lipinski definition) is 2. The van der Waals surface area contributed by atoms with Gasteiger partial charge in [-0.1, -0.05) is 36.8 Å². The molecule has 0 spiro atoms. The number of nitrogens with two attached hydrogens (primary N) is 1. The van der Waals surface area contributed by atoms with Crippen LogP contribution in [0.4, 0.5) is 0 Å². The molecule has 2 bridgehead atoms. The minimum absolute atomic E-state index is 0. The van der Waals surface area contributed by atoms with Crippen LogP contribution >= 0.6 is 12.4 Å². The highest BCUT2D eigenvalue weighted by Crippen LogP contribution is 2.42. The summed E-state index contributed by atoms with van der Waals surface area (Å²) in [6, 6.07) is 11.2. The number of nitrogens with zero attached hydrogens (tertiary/aromatic N) is 1. The molecule has 3 unspecified atom stereocenters. The predicted molar refractivity (Wildman–Crippen MR) is 108 cm³/mol. The van der Waals surface area contributed by atoms with Crippen molar-refractivity contribution in [3.8, 4) is 0 Å². The molecule has 3 nitrogen and oxygen atoms in total. The van der Waals surface area contributed by atoms with Crippen LogP contribution in [0.5, 0.6) is 0 Å². The van der Waals surface area contributed by atoms with Gasteiger partial charge in [0.25, 0.3) is 0 Å². The van der Waals surface area contributed by atoms with Crippen molar-refractivity contribution in [3.63, 3.8) is 0 Å². The van der Waals surface area contributed by atoms with Gasteiger partial charge >= 0.3 is 0 Å². The van der Waals surface area contributed by atoms with Gasteiger partial charge in [0.2, 0.25) is 5.91 Å². The molecule has 3 fully saturated rings. The van der Waals surface area contributed by atoms with Crippen LogP contribution in [-0.2, 0) is 4.79 Å². The Hall–Kier alpha value is -1.06. The van der Waals surface area contributed by atoms with Crippen LogP contribution < -0.4 is 5.73 Å². The lowest BCUT2D eigenvalue weighted by Gasteiger charge is -2.44. The zero-order chi connectivity index (χ0) is 17.2. The molecule has 1 saturated heterocycles. The molecule has 4 heteroatoms. The van der Waals surface area contributed by atoms with Crippen molar-refractivity contribution in [2.24, 2.45) is 23.5 Å². The van der Waals surface area contributed by atoms with Crippen molar-refractivity contribution < 1.29 is 4.79 Å². The summed E-state index contributed by atoms with van der Waals surface area (Å²) in [5.41, 5.74) is 7.85. The molecule has 3 atom stereocenters. The van der Waals surface area contributed by atoms with Crippen LogP contribution in [-0.4, -0.2) is 29.9 Å². The van der Waals surface area contributed by atoms with Gasteiger partial charge in [0.05, 0.1) is 0 Å². The molecular weight excluding hydrogens is 344 g/mol. The first-order valence-electron chi connectivity index (χ1n) is 10.3. The van der Waals surface area contributed by atoms with Gasteiger partial charge < -0.3 is 10.6 Å². The maximum absolute atomic E-state index is 13.2. The van der Waals surface area contributed by atoms with E-state index in [4.69, 9.17) is 5.73 Å². The second-order valence-corrected chi connectivity index (χ2v) is 8.56. The van der Waals surface area contributed by atoms with Crippen molar-refractivity contribution in [3.05, 3.63) is 35.9 Å². The van der Waals surface area contributed by atoms with Gasteiger partial charge in [-0.15, -0.1) is 12.4 Å². The Morgan fingerprint density at radius 3 is 2.31 bits per heavy atom. The normalized spacial score (nSPS) is 34.5. The molecule has 3 aliphatic rings. The van der Waals surface area contributed by atoms with E-state index in [1.54, 1.807) is 0 Å². The molecule has 1 aromatic carbocycles. The van der Waals surface area contributed by atoms with Crippen molar-refractivity contribution >= 4 is 18.3 Å². The van der Waals surface area contributed by atoms with E-state index in [1.165, 1.54) is 31.2 Å². The number of amides is 1. The number of carbonyl (C=O) groups excluding carboxylic acids is 1. The van der Waals surface area contributed by atoms with Crippen LogP contribution in [0.2, 0.25) is 0 Å². The fraction of sp³-hybridized carbons (Fsp3) is 0.682. The third-order valence-electron chi connectivity index (χ3n) is 7.07. The SMILES string of the molecule is Cl.NC1C2CCCC1CC(C(=O)N1CCCC(c3ccccc3)CC1)C2. The van der Waals surface area contributed by atoms with Crippen LogP contribution in [0.1, 0.15) is 62.8 Å². The minimum Gasteiger partial charge on any atom is -0.342 e. The summed E-state index contributed by atoms with van der Waals surface area (Å²) in [7, 11) is 0. The average Bonchev–Trinajstić information content (AvgIpc) is 2.88. The molecule has 0 aromatic heterocycles. The molecule has 1 aliphatic heterocycles. The van der Waals surface area contributed by atoms with Crippen LogP contribution in [0, 0.1) is 17.8 Å². The highest BCUT2D eigenvalue weighted by Gasteiger charge is 2.41. The van der Waals surface area contributed by atoms with Crippen molar-refractivity contribution in [1.82, 2.24) is 4.90 Å². The molecule has 1 heterocycles. The Balaban J connectivity index is 0.00000196. The Bertz CT molecular complexity index is 579. The van der Waals surface area contributed by atoms with E-state index < -0.39 is 0 Å². The smallest absolute Gasteiger partial charge is 0.225 e. The van der Waals surface area contributed by atoms with Crippen LogP contribution in [0.15, 0.2) is 30.3 Å². The van der Waals surface area contributed by atoms with Gasteiger partial charge in [-0.3, -0.25) is 4.79 Å². The van der Waals surface area contributed by atoms with Crippen molar-refractivity contribution in [2.75, 3.05) is 13.1 Å². The quantitative estimate of drug-likeness (QED) is 0.833. The molecule has 26 heavy (non-hydrogen) atoms. The Morgan fingerprint density at radius 1 is 0.923 bits per heavy atom. The summed E-state index contributed by atoms with van der Waals surface area (Å²) in [6.07, 6.45) is 9.29. The predicted octanol–water partition coefficient (Wildman–Crippen LogP) is 4.36. The second kappa shape index (κ2) is 8.75. The van der Waals surface area contributed by atoms with Gasteiger partial charge in [0.1, 0.15) is 0 Å². The Labute approximate surface area is 164 Å². The highest BCUT2D eigenvalue weighted by atomic mass is 35.5. The third-order valence-corrected chi connectivity index (χ3v) is 7.07. The number of benzene rings is 1. The van der Waals surface area contributed by atoms with Crippen LogP contribution in [0.3, 0.4) is 0 Å². The van der Waals surface area contributed by atoms with Crippen LogP contribution in [0.25, 0.3) is 0 Å². The minimum atomic E-state index is 0. The largest absolute Gasteiger partial charge is 0.342 e. The lowest BCUT2D eigenvalue weighted by atomic mass is 9.65. The standard InChI is InChI=1S/C22H32N2O.ClH/c23-21-18-8-4-9-19(21)15-20(14-18)22(25)24-12-5-10-17(11-13-24)16-6-2-1-3-7-16;/h1-3,6-7,17-21H,4-5,8-15,23H2;1H. The molecule has 1 amide bonds. The first kappa shape index (κ1) is 19.7. The molecule has 2 aliphatic carbocycles. The molecule has 1 aromatic rings. The van der Waals surface area contributed by atoms with E-state index in [1.807, 2.05) is 0 Å². The molecule has 2 saturated carbocycles. The first-order chi connectivity index (χ1) is 12.2. The Morgan fingerprint density at radius 2 is 1.62 bits per heavy atom. The fourth-order valence-corrected chi connectivity index (χ4v) is 5.62. The number of carbonyl (C=O) groups is 1. The molecular formula is C22H33ClN2O. The van der Waals surface area contributed by atoms with Gasteiger partial charge in [-0.25, -0.2) is 0 Å². The summed E-state index contributed by atoms with van der Waals surface area (Å²) < 4.78 is 0. The number of fused-ring (bicyclic) bond motifs is 2. The number of halogens is 1. The van der Waals surface area contributed by atoms with Gasteiger partial charge in [-0.05, 0) is 68.3 Å². The van der Waals surface area contributed by atoms with E-state index in [0.29, 0.717) is 29.7 Å². The van der Waals surface area contributed by atoms with Gasteiger partial charge in [0, 0.05) is 25.0 Å². The number of likely N-dealkylation sites (tertiary alicyclic amines) is 1. The number of hydrogen-bond donors (Lipinski definition) is 1. The maximum Gasteiger partial charge on any atom is 0.225 e. The zero-order valence-corrected chi connectivity index (χ0v) is 16.5. The maximum atomic E-state index is 13.2. The van der Waals surface area contributed by atoms with E-state index >= 15 is 0 Å². The van der Waals surface area contributed by atoms with Crippen molar-refractivity contribution in [1.29, 1.82) is 0 Å². The zero-order valence-electron chi connectivity index (χ0n) is 15.7. The summed E-state index contributed by atoms with van der Waals surface area (Å²) in [4.78, 5) is 15.4. The monoisotopic (exact) mass is 376 g/mol. The third kappa shape index (κ3) is 4.09. The van der Waals surface area contributed by atoms with E-state index in [2.05, 4.69) is 35.2 Å². The summed E-state index contributed by atoms with van der Waals surface area (Å²) >= 11 is 0. The summed E-state index contributed by atoms with van der Waals surface area (Å²) in [6.45, 7) is 1.87. The molecule has 2 N–H and O–H groups in total. The summed E-state index contributed by atoms with van der Waals surface area (Å²) in [5.74, 6) is 2.45. The van der Waals surface area contributed by atoms with E-state index in [-0.39, 0.29) is 18.3 Å². The van der Waals surface area contributed by atoms with Crippen molar-refractivity contribution in [2.45, 2.75) is 63.3 Å². The Kier molecular flexibility index (Phi) is 6.63. The molecule has 4 rings (SSSR count). The van der Waals surface area contributed by atoms with E-state index in [9.17, 15) is 4.79 Å². The highest BCUT2D eigenvalue weighted by molar-refractivity contribution is 5.85. The average molecular weight is 377 g/mol. The van der Waals surface area contributed by atoms with Gasteiger partial charge in [0.15, 0.2) is 0 Å². The first-order valence-corrected chi connectivity index (χ1v) is 10.3. The topological polar surface area (TPSA) is 46.3 Å². The lowest BCUT2D eigenvalue weighted by molar-refractivity contribution is -0.138. The summed E-state index contributed by atoms with van der Waals surface area (Å²) in [5, 5.41) is 0. The molecule has 144 valence electrons. The van der Waals surface area contributed by atoms with E-state index in [0.717, 1.165) is 38.8 Å². The fourth-order valence-electron chi connectivity index (χ4n) is 5.62. The second-order valence-electron chi connectivity index (χ2n) is 8.56. The molecule has 0 radical (unpaired) electrons. The lowest BCUT2D eigenvalue weighted by Crippen LogP contribution is -2.49. The number of rotatable bonds is 2.